The number of nitrogens with two attached hydrogens (primary N) is 1. The average Bonchev–Trinajstić information content (AvgIpc) is 2.77. The molecule has 1 atom stereocenters. The van der Waals surface area contributed by atoms with E-state index in [1.807, 2.05) is 4.90 Å². The number of piperidine rings is 1. The second-order valence-corrected chi connectivity index (χ2v) is 8.00. The minimum atomic E-state index is -0.824. The van der Waals surface area contributed by atoms with E-state index in [4.69, 9.17) is 19.9 Å². The van der Waals surface area contributed by atoms with Crippen LogP contribution in [0.5, 0.6) is 5.75 Å². The molecule has 0 spiro atoms. The summed E-state index contributed by atoms with van der Waals surface area (Å²) >= 11 is 0. The molecule has 1 aromatic carbocycles. The third-order valence-electron chi connectivity index (χ3n) is 5.82. The highest BCUT2D eigenvalue weighted by molar-refractivity contribution is 5.92. The lowest BCUT2D eigenvalue weighted by atomic mass is 9.82. The Morgan fingerprint density at radius 3 is 2.62 bits per heavy atom. The molecular formula is C24H29N3O5. The number of esters is 1. The van der Waals surface area contributed by atoms with E-state index in [1.54, 1.807) is 38.1 Å². The number of allylic oxidation sites excluding steroid dienone is 2. The first-order valence-corrected chi connectivity index (χ1v) is 10.8. The first kappa shape index (κ1) is 23.2. The van der Waals surface area contributed by atoms with Gasteiger partial charge in [-0.25, -0.2) is 4.79 Å². The van der Waals surface area contributed by atoms with E-state index in [0.29, 0.717) is 17.2 Å². The summed E-state index contributed by atoms with van der Waals surface area (Å²) in [6.07, 6.45) is 1.96. The summed E-state index contributed by atoms with van der Waals surface area (Å²) in [5.41, 5.74) is 6.79. The van der Waals surface area contributed by atoms with Gasteiger partial charge in [0, 0.05) is 18.7 Å². The maximum Gasteiger partial charge on any atom is 0.338 e. The smallest absolute Gasteiger partial charge is 0.338 e. The number of ether oxygens (including phenoxy) is 3. The molecule has 0 radical (unpaired) electrons. The Morgan fingerprint density at radius 2 is 1.97 bits per heavy atom. The number of carbonyl (C=O) groups is 2. The summed E-state index contributed by atoms with van der Waals surface area (Å²) in [5.74, 6) is -0.305. The van der Waals surface area contributed by atoms with Crippen LogP contribution < -0.4 is 10.5 Å². The average molecular weight is 440 g/mol. The van der Waals surface area contributed by atoms with Crippen LogP contribution in [0.1, 0.15) is 45.1 Å². The second-order valence-electron chi connectivity index (χ2n) is 8.00. The zero-order chi connectivity index (χ0) is 23.3. The maximum absolute atomic E-state index is 12.7. The first-order chi connectivity index (χ1) is 15.4. The summed E-state index contributed by atoms with van der Waals surface area (Å²) in [6, 6.07) is 9.05. The van der Waals surface area contributed by atoms with Gasteiger partial charge in [-0.1, -0.05) is 25.1 Å². The standard InChI is InChI=1S/C24H29N3O5/c1-4-30-24(29)21-16(3)32-23(26)18(13-25)22(21)17-7-5-6-8-19(17)31-14-20(28)27-11-9-15(2)10-12-27/h5-8,15,22H,4,9-12,14,26H2,1-3H3. The van der Waals surface area contributed by atoms with Crippen molar-refractivity contribution < 1.29 is 23.8 Å². The van der Waals surface area contributed by atoms with Crippen LogP contribution in [0.2, 0.25) is 0 Å². The third kappa shape index (κ3) is 4.88. The van der Waals surface area contributed by atoms with Crippen molar-refractivity contribution in [1.82, 2.24) is 4.90 Å². The van der Waals surface area contributed by atoms with Crippen LogP contribution in [0.25, 0.3) is 0 Å². The van der Waals surface area contributed by atoms with E-state index in [-0.39, 0.29) is 41.9 Å². The van der Waals surface area contributed by atoms with E-state index in [9.17, 15) is 14.9 Å². The van der Waals surface area contributed by atoms with Crippen molar-refractivity contribution in [3.8, 4) is 11.8 Å². The van der Waals surface area contributed by atoms with Crippen molar-refractivity contribution in [1.29, 1.82) is 5.26 Å². The highest BCUT2D eigenvalue weighted by atomic mass is 16.5. The van der Waals surface area contributed by atoms with Crippen LogP contribution in [-0.2, 0) is 19.1 Å². The SMILES string of the molecule is CCOC(=O)C1=C(C)OC(N)=C(C#N)C1c1ccccc1OCC(=O)N1CCC(C)CC1. The molecule has 2 aliphatic heterocycles. The molecule has 0 aromatic heterocycles. The number of hydrogen-bond acceptors (Lipinski definition) is 7. The van der Waals surface area contributed by atoms with E-state index in [1.165, 1.54) is 0 Å². The van der Waals surface area contributed by atoms with Crippen LogP contribution >= 0.6 is 0 Å². The molecule has 2 heterocycles. The summed E-state index contributed by atoms with van der Waals surface area (Å²) in [7, 11) is 0. The highest BCUT2D eigenvalue weighted by Crippen LogP contribution is 2.42. The number of benzene rings is 1. The lowest BCUT2D eigenvalue weighted by molar-refractivity contribution is -0.139. The third-order valence-corrected chi connectivity index (χ3v) is 5.82. The predicted octanol–water partition coefficient (Wildman–Crippen LogP) is 2.97. The molecule has 1 fully saturated rings. The van der Waals surface area contributed by atoms with E-state index in [0.717, 1.165) is 25.9 Å². The molecule has 0 bridgehead atoms. The van der Waals surface area contributed by atoms with E-state index in [2.05, 4.69) is 13.0 Å². The van der Waals surface area contributed by atoms with E-state index >= 15 is 0 Å². The van der Waals surface area contributed by atoms with Gasteiger partial charge in [0.25, 0.3) is 5.91 Å². The molecule has 8 nitrogen and oxygen atoms in total. The number of rotatable bonds is 6. The van der Waals surface area contributed by atoms with Gasteiger partial charge in [0.15, 0.2) is 6.61 Å². The summed E-state index contributed by atoms with van der Waals surface area (Å²) in [5, 5.41) is 9.77. The maximum atomic E-state index is 12.7. The first-order valence-electron chi connectivity index (χ1n) is 10.8. The molecule has 1 saturated heterocycles. The number of likely N-dealkylation sites (tertiary alicyclic amines) is 1. The molecule has 3 rings (SSSR count). The van der Waals surface area contributed by atoms with Gasteiger partial charge in [0.2, 0.25) is 5.88 Å². The quantitative estimate of drug-likeness (QED) is 0.678. The van der Waals surface area contributed by atoms with Crippen molar-refractivity contribution in [2.75, 3.05) is 26.3 Å². The topological polar surface area (TPSA) is 115 Å². The fraction of sp³-hybridized carbons (Fsp3) is 0.458. The van der Waals surface area contributed by atoms with Crippen LogP contribution in [-0.4, -0.2) is 43.1 Å². The van der Waals surface area contributed by atoms with Crippen molar-refractivity contribution in [3.63, 3.8) is 0 Å². The fourth-order valence-corrected chi connectivity index (χ4v) is 4.01. The molecule has 8 heteroatoms. The zero-order valence-corrected chi connectivity index (χ0v) is 18.7. The predicted molar refractivity (Wildman–Crippen MR) is 117 cm³/mol. The molecule has 2 N–H and O–H groups in total. The van der Waals surface area contributed by atoms with Gasteiger partial charge in [0.05, 0.1) is 18.1 Å². The lowest BCUT2D eigenvalue weighted by Crippen LogP contribution is -2.40. The second kappa shape index (κ2) is 10.2. The Balaban J connectivity index is 1.90. The normalized spacial score (nSPS) is 19.3. The Hall–Kier alpha value is -3.47. The molecule has 170 valence electrons. The molecule has 1 aromatic rings. The van der Waals surface area contributed by atoms with Gasteiger partial charge >= 0.3 is 5.97 Å². The van der Waals surface area contributed by atoms with Crippen LogP contribution in [0.4, 0.5) is 0 Å². The Kier molecular flexibility index (Phi) is 7.41. The molecule has 32 heavy (non-hydrogen) atoms. The number of amides is 1. The van der Waals surface area contributed by atoms with Gasteiger partial charge in [-0.05, 0) is 38.7 Å². The minimum Gasteiger partial charge on any atom is -0.483 e. The summed E-state index contributed by atoms with van der Waals surface area (Å²) in [4.78, 5) is 27.2. The minimum absolute atomic E-state index is 0.0728. The van der Waals surface area contributed by atoms with Gasteiger partial charge in [-0.15, -0.1) is 0 Å². The van der Waals surface area contributed by atoms with Crippen molar-refractivity contribution in [3.05, 3.63) is 52.6 Å². The summed E-state index contributed by atoms with van der Waals surface area (Å²) in [6.45, 7) is 6.97. The van der Waals surface area contributed by atoms with Crippen LogP contribution in [0.3, 0.4) is 0 Å². The van der Waals surface area contributed by atoms with Crippen molar-refractivity contribution in [2.45, 2.75) is 39.5 Å². The molecule has 0 aliphatic carbocycles. The Morgan fingerprint density at radius 1 is 1.28 bits per heavy atom. The molecule has 1 amide bonds. The number of hydrogen-bond donors (Lipinski definition) is 1. The highest BCUT2D eigenvalue weighted by Gasteiger charge is 2.38. The van der Waals surface area contributed by atoms with Gasteiger partial charge < -0.3 is 24.8 Å². The molecule has 1 unspecified atom stereocenters. The van der Waals surface area contributed by atoms with Gasteiger partial charge in [-0.2, -0.15) is 5.26 Å². The zero-order valence-electron chi connectivity index (χ0n) is 18.7. The van der Waals surface area contributed by atoms with Crippen LogP contribution in [0, 0.1) is 17.2 Å². The molecule has 0 saturated carbocycles. The monoisotopic (exact) mass is 439 g/mol. The van der Waals surface area contributed by atoms with Gasteiger partial charge in [0.1, 0.15) is 23.2 Å². The Bertz CT molecular complexity index is 984. The number of nitriles is 1. The number of nitrogens with zero attached hydrogens (tertiary/aromatic N) is 2. The van der Waals surface area contributed by atoms with Crippen molar-refractivity contribution >= 4 is 11.9 Å². The summed E-state index contributed by atoms with van der Waals surface area (Å²) < 4.78 is 16.6. The van der Waals surface area contributed by atoms with Crippen LogP contribution in [0.15, 0.2) is 47.1 Å². The van der Waals surface area contributed by atoms with Gasteiger partial charge in [-0.3, -0.25) is 4.79 Å². The Labute approximate surface area is 188 Å². The molecular weight excluding hydrogens is 410 g/mol. The lowest BCUT2D eigenvalue weighted by Gasteiger charge is -2.30. The number of carbonyl (C=O) groups excluding carboxylic acids is 2. The fourth-order valence-electron chi connectivity index (χ4n) is 4.01. The van der Waals surface area contributed by atoms with E-state index < -0.39 is 11.9 Å². The molecule has 2 aliphatic rings. The largest absolute Gasteiger partial charge is 0.483 e. The number of para-hydroxylation sites is 1. The van der Waals surface area contributed by atoms with Crippen molar-refractivity contribution in [2.24, 2.45) is 11.7 Å².